The number of nitrogens with zero attached hydrogens (tertiary/aromatic N) is 2. The summed E-state index contributed by atoms with van der Waals surface area (Å²) in [5.41, 5.74) is 3.28. The number of carbonyl (C=O) groups excluding carboxylic acids is 3. The monoisotopic (exact) mass is 484 g/mol. The molecular weight excluding hydrogens is 452 g/mol. The van der Waals surface area contributed by atoms with Crippen molar-refractivity contribution in [3.63, 3.8) is 0 Å². The number of carbonyl (C=O) groups is 3. The average Bonchev–Trinajstić information content (AvgIpc) is 3.21. The van der Waals surface area contributed by atoms with Gasteiger partial charge in [-0.2, -0.15) is 0 Å². The molecule has 0 spiro atoms. The Labute approximate surface area is 212 Å². The fraction of sp³-hybridized carbons (Fsp3) is 0.276. The van der Waals surface area contributed by atoms with E-state index in [1.807, 2.05) is 35.2 Å². The van der Waals surface area contributed by atoms with Crippen LogP contribution in [0.2, 0.25) is 0 Å². The topological polar surface area (TPSA) is 81.8 Å². The van der Waals surface area contributed by atoms with Crippen molar-refractivity contribution in [1.82, 2.24) is 4.90 Å². The molecule has 1 saturated heterocycles. The molecule has 0 aromatic heterocycles. The van der Waals surface area contributed by atoms with E-state index in [1.165, 1.54) is 0 Å². The lowest BCUT2D eigenvalue weighted by atomic mass is 10.1. The van der Waals surface area contributed by atoms with Gasteiger partial charge in [-0.1, -0.05) is 37.1 Å². The Morgan fingerprint density at radius 1 is 0.778 bits per heavy atom. The van der Waals surface area contributed by atoms with Crippen molar-refractivity contribution in [3.05, 3.63) is 90.0 Å². The fourth-order valence-electron chi connectivity index (χ4n) is 4.27. The summed E-state index contributed by atoms with van der Waals surface area (Å²) in [5, 5.41) is 5.93. The molecular formula is C29H32N4O3. The molecule has 0 atom stereocenters. The van der Waals surface area contributed by atoms with Crippen molar-refractivity contribution in [2.75, 3.05) is 42.2 Å². The summed E-state index contributed by atoms with van der Waals surface area (Å²) >= 11 is 0. The molecule has 36 heavy (non-hydrogen) atoms. The summed E-state index contributed by atoms with van der Waals surface area (Å²) in [6.45, 7) is 1.63. The molecule has 3 aromatic carbocycles. The Hall–Kier alpha value is -4.13. The van der Waals surface area contributed by atoms with E-state index in [-0.39, 0.29) is 24.3 Å². The second-order valence-electron chi connectivity index (χ2n) is 8.97. The smallest absolute Gasteiger partial charge is 0.258 e. The van der Waals surface area contributed by atoms with Gasteiger partial charge < -0.3 is 20.4 Å². The normalized spacial score (nSPS) is 13.4. The lowest BCUT2D eigenvalue weighted by molar-refractivity contribution is -0.114. The van der Waals surface area contributed by atoms with Gasteiger partial charge in [0.15, 0.2) is 0 Å². The first-order valence-electron chi connectivity index (χ1n) is 12.4. The van der Waals surface area contributed by atoms with Gasteiger partial charge in [-0.05, 0) is 67.4 Å². The van der Waals surface area contributed by atoms with Crippen molar-refractivity contribution in [1.29, 1.82) is 0 Å². The molecule has 0 unspecified atom stereocenters. The Morgan fingerprint density at radius 2 is 1.47 bits per heavy atom. The number of likely N-dealkylation sites (tertiary alicyclic amines) is 1. The van der Waals surface area contributed by atoms with Gasteiger partial charge in [-0.3, -0.25) is 14.4 Å². The van der Waals surface area contributed by atoms with E-state index in [4.69, 9.17) is 0 Å². The van der Waals surface area contributed by atoms with Gasteiger partial charge in [-0.15, -0.1) is 0 Å². The quantitative estimate of drug-likeness (QED) is 0.493. The highest BCUT2D eigenvalue weighted by Crippen LogP contribution is 2.18. The van der Waals surface area contributed by atoms with Crippen LogP contribution in [0.25, 0.3) is 0 Å². The minimum absolute atomic E-state index is 0.0127. The highest BCUT2D eigenvalue weighted by molar-refractivity contribution is 6.06. The maximum atomic E-state index is 12.9. The fourth-order valence-corrected chi connectivity index (χ4v) is 4.27. The second-order valence-corrected chi connectivity index (χ2v) is 8.97. The van der Waals surface area contributed by atoms with E-state index in [2.05, 4.69) is 10.6 Å². The molecule has 3 amide bonds. The number of anilines is 3. The zero-order valence-corrected chi connectivity index (χ0v) is 20.6. The third-order valence-corrected chi connectivity index (χ3v) is 6.32. The van der Waals surface area contributed by atoms with Crippen LogP contribution in [0.15, 0.2) is 78.9 Å². The van der Waals surface area contributed by atoms with Crippen LogP contribution < -0.4 is 15.5 Å². The van der Waals surface area contributed by atoms with Crippen LogP contribution in [0, 0.1) is 0 Å². The molecule has 1 aliphatic heterocycles. The lowest BCUT2D eigenvalue weighted by Gasteiger charge is -2.20. The molecule has 1 aliphatic rings. The van der Waals surface area contributed by atoms with Gasteiger partial charge >= 0.3 is 0 Å². The minimum atomic E-state index is -0.224. The molecule has 1 fully saturated rings. The summed E-state index contributed by atoms with van der Waals surface area (Å²) in [4.78, 5) is 41.6. The molecule has 4 rings (SSSR count). The van der Waals surface area contributed by atoms with Crippen LogP contribution >= 0.6 is 0 Å². The number of amides is 3. The van der Waals surface area contributed by atoms with Crippen LogP contribution in [-0.4, -0.2) is 49.3 Å². The first-order chi connectivity index (χ1) is 17.5. The third kappa shape index (κ3) is 6.50. The summed E-state index contributed by atoms with van der Waals surface area (Å²) < 4.78 is 0. The Morgan fingerprint density at radius 3 is 2.17 bits per heavy atom. The summed E-state index contributed by atoms with van der Waals surface area (Å²) in [6, 6.07) is 23.6. The molecule has 186 valence electrons. The Balaban J connectivity index is 1.29. The first-order valence-corrected chi connectivity index (χ1v) is 12.4. The second kappa shape index (κ2) is 12.0. The molecule has 0 aliphatic carbocycles. The summed E-state index contributed by atoms with van der Waals surface area (Å²) in [6.07, 6.45) is 4.40. The van der Waals surface area contributed by atoms with Gasteiger partial charge in [0, 0.05) is 48.3 Å². The van der Waals surface area contributed by atoms with Crippen LogP contribution in [0.3, 0.4) is 0 Å². The molecule has 2 N–H and O–H groups in total. The zero-order valence-electron chi connectivity index (χ0n) is 20.6. The van der Waals surface area contributed by atoms with E-state index in [0.717, 1.165) is 50.1 Å². The molecule has 7 heteroatoms. The Bertz CT molecular complexity index is 1190. The van der Waals surface area contributed by atoms with E-state index in [0.29, 0.717) is 16.8 Å². The van der Waals surface area contributed by atoms with Crippen LogP contribution in [0.5, 0.6) is 0 Å². The number of nitrogens with one attached hydrogen (secondary N) is 2. The molecule has 1 heterocycles. The molecule has 0 bridgehead atoms. The van der Waals surface area contributed by atoms with Gasteiger partial charge in [0.25, 0.3) is 11.8 Å². The van der Waals surface area contributed by atoms with E-state index >= 15 is 0 Å². The van der Waals surface area contributed by atoms with Crippen molar-refractivity contribution in [2.24, 2.45) is 0 Å². The summed E-state index contributed by atoms with van der Waals surface area (Å²) in [5.74, 6) is -0.322. The number of para-hydroxylation sites is 1. The van der Waals surface area contributed by atoms with Crippen molar-refractivity contribution in [2.45, 2.75) is 25.7 Å². The predicted octanol–water partition coefficient (Wildman–Crippen LogP) is 5.03. The molecule has 7 nitrogen and oxygen atoms in total. The third-order valence-electron chi connectivity index (χ3n) is 6.32. The van der Waals surface area contributed by atoms with Crippen LogP contribution in [-0.2, 0) is 4.79 Å². The highest BCUT2D eigenvalue weighted by atomic mass is 16.2. The van der Waals surface area contributed by atoms with Crippen LogP contribution in [0.1, 0.15) is 46.4 Å². The van der Waals surface area contributed by atoms with E-state index in [9.17, 15) is 14.4 Å². The molecule has 0 saturated carbocycles. The maximum Gasteiger partial charge on any atom is 0.258 e. The highest BCUT2D eigenvalue weighted by Gasteiger charge is 2.18. The van der Waals surface area contributed by atoms with Crippen LogP contribution in [0.4, 0.5) is 17.1 Å². The maximum absolute atomic E-state index is 12.9. The van der Waals surface area contributed by atoms with Gasteiger partial charge in [0.2, 0.25) is 5.91 Å². The predicted molar refractivity (Wildman–Crippen MR) is 144 cm³/mol. The molecule has 0 radical (unpaired) electrons. The lowest BCUT2D eigenvalue weighted by Crippen LogP contribution is -2.31. The largest absolute Gasteiger partial charge is 0.376 e. The summed E-state index contributed by atoms with van der Waals surface area (Å²) in [7, 11) is 1.74. The van der Waals surface area contributed by atoms with Crippen molar-refractivity contribution < 1.29 is 14.4 Å². The van der Waals surface area contributed by atoms with Crippen molar-refractivity contribution >= 4 is 34.8 Å². The SMILES string of the molecule is CN(C(=O)c1ccc(NCC(=O)Nc2cccc(C(=O)N3CCCCCC3)c2)cc1)c1ccccc1. The van der Waals surface area contributed by atoms with Crippen molar-refractivity contribution in [3.8, 4) is 0 Å². The van der Waals surface area contributed by atoms with E-state index < -0.39 is 0 Å². The Kier molecular flexibility index (Phi) is 8.34. The number of benzene rings is 3. The van der Waals surface area contributed by atoms with Gasteiger partial charge in [0.05, 0.1) is 6.54 Å². The minimum Gasteiger partial charge on any atom is -0.376 e. The number of hydrogen-bond acceptors (Lipinski definition) is 4. The van der Waals surface area contributed by atoms with E-state index in [1.54, 1.807) is 60.5 Å². The zero-order chi connectivity index (χ0) is 25.3. The molecule has 3 aromatic rings. The standard InChI is InChI=1S/C29H32N4O3/c1-32(26-12-5-4-6-13-26)28(35)22-14-16-24(17-15-22)30-21-27(34)31-25-11-9-10-23(20-25)29(36)33-18-7-2-3-8-19-33/h4-6,9-17,20,30H,2-3,7-8,18-19,21H2,1H3,(H,31,34). The number of rotatable bonds is 7. The number of hydrogen-bond donors (Lipinski definition) is 2. The van der Waals surface area contributed by atoms with Gasteiger partial charge in [-0.25, -0.2) is 0 Å². The van der Waals surface area contributed by atoms with Gasteiger partial charge in [0.1, 0.15) is 0 Å². The first kappa shape index (κ1) is 25.0. The average molecular weight is 485 g/mol.